The van der Waals surface area contributed by atoms with Gasteiger partial charge in [0.1, 0.15) is 0 Å². The molecule has 4 heteroatoms. The Morgan fingerprint density at radius 1 is 1.46 bits per heavy atom. The average molecular weight is 202 g/mol. The summed E-state index contributed by atoms with van der Waals surface area (Å²) in [5.41, 5.74) is 5.17. The summed E-state index contributed by atoms with van der Waals surface area (Å²) in [5.74, 6) is 2.33. The SMILES string of the molecule is CC(C)(CN)C(=O)N1CCSCC1. The minimum atomic E-state index is -0.387. The van der Waals surface area contributed by atoms with E-state index >= 15 is 0 Å². The normalized spacial score (nSPS) is 18.8. The molecule has 0 aromatic carbocycles. The molecule has 1 fully saturated rings. The Morgan fingerprint density at radius 2 is 2.00 bits per heavy atom. The third-order valence-electron chi connectivity index (χ3n) is 2.39. The van der Waals surface area contributed by atoms with E-state index in [0.29, 0.717) is 6.54 Å². The van der Waals surface area contributed by atoms with Gasteiger partial charge in [-0.1, -0.05) is 0 Å². The molecule has 0 saturated carbocycles. The second-order valence-electron chi connectivity index (χ2n) is 3.99. The van der Waals surface area contributed by atoms with Crippen molar-refractivity contribution in [2.75, 3.05) is 31.1 Å². The fourth-order valence-electron chi connectivity index (χ4n) is 1.28. The molecular formula is C9H18N2OS. The fourth-order valence-corrected chi connectivity index (χ4v) is 2.18. The lowest BCUT2D eigenvalue weighted by Crippen LogP contribution is -2.47. The molecule has 0 spiro atoms. The summed E-state index contributed by atoms with van der Waals surface area (Å²) >= 11 is 1.91. The lowest BCUT2D eigenvalue weighted by molar-refractivity contribution is -0.139. The summed E-state index contributed by atoms with van der Waals surface area (Å²) in [4.78, 5) is 13.8. The zero-order valence-electron chi connectivity index (χ0n) is 8.38. The molecule has 0 aromatic rings. The largest absolute Gasteiger partial charge is 0.341 e. The van der Waals surface area contributed by atoms with Crippen LogP contribution in [0.2, 0.25) is 0 Å². The molecule has 0 aromatic heterocycles. The molecule has 1 saturated heterocycles. The number of hydrogen-bond acceptors (Lipinski definition) is 3. The molecule has 0 bridgehead atoms. The third-order valence-corrected chi connectivity index (χ3v) is 3.33. The van der Waals surface area contributed by atoms with Crippen molar-refractivity contribution in [1.82, 2.24) is 4.90 Å². The molecule has 2 N–H and O–H groups in total. The van der Waals surface area contributed by atoms with E-state index in [-0.39, 0.29) is 11.3 Å². The zero-order chi connectivity index (χ0) is 9.90. The minimum Gasteiger partial charge on any atom is -0.341 e. The first kappa shape index (κ1) is 10.9. The van der Waals surface area contributed by atoms with Crippen LogP contribution in [0.3, 0.4) is 0 Å². The average Bonchev–Trinajstić information content (AvgIpc) is 2.18. The molecule has 3 nitrogen and oxygen atoms in total. The van der Waals surface area contributed by atoms with Crippen molar-refractivity contribution in [1.29, 1.82) is 0 Å². The van der Waals surface area contributed by atoms with Gasteiger partial charge in [0.05, 0.1) is 5.41 Å². The van der Waals surface area contributed by atoms with Gasteiger partial charge in [-0.15, -0.1) is 0 Å². The number of amides is 1. The van der Waals surface area contributed by atoms with Crippen LogP contribution in [0.5, 0.6) is 0 Å². The quantitative estimate of drug-likeness (QED) is 0.711. The van der Waals surface area contributed by atoms with Crippen LogP contribution in [0.25, 0.3) is 0 Å². The Morgan fingerprint density at radius 3 is 2.46 bits per heavy atom. The van der Waals surface area contributed by atoms with Gasteiger partial charge in [-0.3, -0.25) is 4.79 Å². The van der Waals surface area contributed by atoms with Crippen molar-refractivity contribution in [2.24, 2.45) is 11.1 Å². The first-order chi connectivity index (χ1) is 6.08. The third kappa shape index (κ3) is 2.61. The predicted octanol–water partition coefficient (Wildman–Crippen LogP) is 0.547. The molecule has 76 valence electrons. The Labute approximate surface area is 84.0 Å². The van der Waals surface area contributed by atoms with Crippen LogP contribution >= 0.6 is 11.8 Å². The van der Waals surface area contributed by atoms with Crippen molar-refractivity contribution in [3.05, 3.63) is 0 Å². The van der Waals surface area contributed by atoms with Crippen LogP contribution in [0.4, 0.5) is 0 Å². The van der Waals surface area contributed by atoms with E-state index in [1.807, 2.05) is 30.5 Å². The van der Waals surface area contributed by atoms with E-state index in [1.54, 1.807) is 0 Å². The van der Waals surface area contributed by atoms with Crippen LogP contribution in [0.1, 0.15) is 13.8 Å². The van der Waals surface area contributed by atoms with Gasteiger partial charge in [-0.2, -0.15) is 11.8 Å². The van der Waals surface area contributed by atoms with Gasteiger partial charge in [-0.05, 0) is 13.8 Å². The Kier molecular flexibility index (Phi) is 3.62. The van der Waals surface area contributed by atoms with E-state index in [9.17, 15) is 4.79 Å². The molecule has 0 unspecified atom stereocenters. The molecular weight excluding hydrogens is 184 g/mol. The molecule has 1 heterocycles. The molecule has 1 rings (SSSR count). The summed E-state index contributed by atoms with van der Waals surface area (Å²) < 4.78 is 0. The molecule has 1 amide bonds. The van der Waals surface area contributed by atoms with Crippen LogP contribution in [-0.4, -0.2) is 41.9 Å². The number of carbonyl (C=O) groups excluding carboxylic acids is 1. The van der Waals surface area contributed by atoms with Gasteiger partial charge in [-0.25, -0.2) is 0 Å². The van der Waals surface area contributed by atoms with Crippen molar-refractivity contribution in [3.63, 3.8) is 0 Å². The van der Waals surface area contributed by atoms with Gasteiger partial charge < -0.3 is 10.6 Å². The van der Waals surface area contributed by atoms with Crippen LogP contribution in [-0.2, 0) is 4.79 Å². The second-order valence-corrected chi connectivity index (χ2v) is 5.22. The Bertz CT molecular complexity index is 188. The minimum absolute atomic E-state index is 0.204. The lowest BCUT2D eigenvalue weighted by atomic mass is 9.92. The predicted molar refractivity (Wildman–Crippen MR) is 56.7 cm³/mol. The second kappa shape index (κ2) is 4.33. The fraction of sp³-hybridized carbons (Fsp3) is 0.889. The molecule has 0 atom stereocenters. The maximum Gasteiger partial charge on any atom is 0.229 e. The van der Waals surface area contributed by atoms with Crippen LogP contribution < -0.4 is 5.73 Å². The van der Waals surface area contributed by atoms with Gasteiger partial charge in [0.15, 0.2) is 0 Å². The van der Waals surface area contributed by atoms with E-state index in [0.717, 1.165) is 24.6 Å². The highest BCUT2D eigenvalue weighted by atomic mass is 32.2. The molecule has 1 aliphatic rings. The first-order valence-corrected chi connectivity index (χ1v) is 5.80. The number of carbonyl (C=O) groups is 1. The highest BCUT2D eigenvalue weighted by molar-refractivity contribution is 7.99. The molecule has 1 aliphatic heterocycles. The van der Waals surface area contributed by atoms with Gasteiger partial charge in [0, 0.05) is 31.1 Å². The summed E-state index contributed by atoms with van der Waals surface area (Å²) in [5, 5.41) is 0. The summed E-state index contributed by atoms with van der Waals surface area (Å²) in [6, 6.07) is 0. The Balaban J connectivity index is 2.55. The maximum absolute atomic E-state index is 11.9. The molecule has 0 radical (unpaired) electrons. The number of thioether (sulfide) groups is 1. The molecule has 13 heavy (non-hydrogen) atoms. The summed E-state index contributed by atoms with van der Waals surface area (Å²) in [6.07, 6.45) is 0. The van der Waals surface area contributed by atoms with Crippen molar-refractivity contribution in [3.8, 4) is 0 Å². The smallest absolute Gasteiger partial charge is 0.229 e. The van der Waals surface area contributed by atoms with Crippen LogP contribution in [0, 0.1) is 5.41 Å². The summed E-state index contributed by atoms with van der Waals surface area (Å²) in [6.45, 7) is 6.02. The number of nitrogens with two attached hydrogens (primary N) is 1. The lowest BCUT2D eigenvalue weighted by Gasteiger charge is -2.33. The topological polar surface area (TPSA) is 46.3 Å². The van der Waals surface area contributed by atoms with E-state index in [1.165, 1.54) is 0 Å². The van der Waals surface area contributed by atoms with Gasteiger partial charge >= 0.3 is 0 Å². The zero-order valence-corrected chi connectivity index (χ0v) is 9.19. The highest BCUT2D eigenvalue weighted by Gasteiger charge is 2.31. The number of hydrogen-bond donors (Lipinski definition) is 1. The van der Waals surface area contributed by atoms with Gasteiger partial charge in [0.25, 0.3) is 0 Å². The van der Waals surface area contributed by atoms with Gasteiger partial charge in [0.2, 0.25) is 5.91 Å². The van der Waals surface area contributed by atoms with Crippen LogP contribution in [0.15, 0.2) is 0 Å². The monoisotopic (exact) mass is 202 g/mol. The van der Waals surface area contributed by atoms with Crippen molar-refractivity contribution < 1.29 is 4.79 Å². The van der Waals surface area contributed by atoms with Crippen molar-refractivity contribution in [2.45, 2.75) is 13.8 Å². The van der Waals surface area contributed by atoms with E-state index in [2.05, 4.69) is 0 Å². The first-order valence-electron chi connectivity index (χ1n) is 4.65. The Hall–Kier alpha value is -0.220. The summed E-state index contributed by atoms with van der Waals surface area (Å²) in [7, 11) is 0. The maximum atomic E-state index is 11.9. The highest BCUT2D eigenvalue weighted by Crippen LogP contribution is 2.19. The van der Waals surface area contributed by atoms with E-state index < -0.39 is 0 Å². The molecule has 0 aliphatic carbocycles. The standard InChI is InChI=1S/C9H18N2OS/c1-9(2,7-10)8(12)11-3-5-13-6-4-11/h3-7,10H2,1-2H3. The number of nitrogens with zero attached hydrogens (tertiary/aromatic N) is 1. The number of rotatable bonds is 2. The van der Waals surface area contributed by atoms with E-state index in [4.69, 9.17) is 5.73 Å². The van der Waals surface area contributed by atoms with Crippen molar-refractivity contribution >= 4 is 17.7 Å².